The molecule has 1 amide bonds. The summed E-state index contributed by atoms with van der Waals surface area (Å²) in [6.45, 7) is -0.667. The number of anilines is 1. The van der Waals surface area contributed by atoms with Crippen molar-refractivity contribution in [2.75, 3.05) is 12.0 Å². The van der Waals surface area contributed by atoms with Gasteiger partial charge in [0, 0.05) is 6.54 Å². The molecule has 1 rings (SSSR count). The molecule has 1 aromatic carbocycles. The molecule has 110 valence electrons. The van der Waals surface area contributed by atoms with Crippen molar-refractivity contribution in [2.45, 2.75) is 12.6 Å². The van der Waals surface area contributed by atoms with Gasteiger partial charge in [-0.1, -0.05) is 6.07 Å². The second-order valence-corrected chi connectivity index (χ2v) is 3.72. The number of benzene rings is 1. The average Bonchev–Trinajstić information content (AvgIpc) is 2.35. The second kappa shape index (κ2) is 6.19. The van der Waals surface area contributed by atoms with E-state index in [0.29, 0.717) is 0 Å². The van der Waals surface area contributed by atoms with E-state index < -0.39 is 35.7 Å². The van der Waals surface area contributed by atoms with Crippen molar-refractivity contribution in [3.8, 4) is 0 Å². The molecule has 1 aromatic rings. The molecular weight excluding hydrogens is 281 g/mol. The summed E-state index contributed by atoms with van der Waals surface area (Å²) in [5, 5.41) is 12.9. The first-order valence-corrected chi connectivity index (χ1v) is 5.35. The number of rotatable bonds is 5. The average molecular weight is 292 g/mol. The van der Waals surface area contributed by atoms with Crippen molar-refractivity contribution in [3.05, 3.63) is 33.9 Å². The number of hydrazine groups is 1. The standard InChI is InChI=1S/C10H11F3N4O3/c11-10(12,13)4-5-15-9(18)6-2-1-3-7(16-14)8(6)17(19)20/h1-3,16H,4-5,14H2,(H,15,18). The molecule has 0 unspecified atom stereocenters. The Morgan fingerprint density at radius 3 is 2.55 bits per heavy atom. The van der Waals surface area contributed by atoms with Crippen LogP contribution in [-0.2, 0) is 0 Å². The molecule has 0 saturated heterocycles. The number of amides is 1. The van der Waals surface area contributed by atoms with Gasteiger partial charge in [0.05, 0.1) is 11.3 Å². The first-order chi connectivity index (χ1) is 9.26. The Morgan fingerprint density at radius 1 is 1.40 bits per heavy atom. The van der Waals surface area contributed by atoms with E-state index in [1.54, 1.807) is 0 Å². The number of nitrogen functional groups attached to an aromatic ring is 1. The number of alkyl halides is 3. The van der Waals surface area contributed by atoms with E-state index in [1.807, 2.05) is 5.32 Å². The van der Waals surface area contributed by atoms with Crippen LogP contribution in [0.4, 0.5) is 24.5 Å². The molecule has 7 nitrogen and oxygen atoms in total. The van der Waals surface area contributed by atoms with Gasteiger partial charge < -0.3 is 10.7 Å². The molecule has 4 N–H and O–H groups in total. The normalized spacial score (nSPS) is 11.0. The first kappa shape index (κ1) is 15.7. The van der Waals surface area contributed by atoms with Gasteiger partial charge >= 0.3 is 11.9 Å². The van der Waals surface area contributed by atoms with Gasteiger partial charge in [-0.3, -0.25) is 20.8 Å². The van der Waals surface area contributed by atoms with Crippen molar-refractivity contribution in [3.63, 3.8) is 0 Å². The second-order valence-electron chi connectivity index (χ2n) is 3.72. The largest absolute Gasteiger partial charge is 0.390 e. The number of hydrogen-bond acceptors (Lipinski definition) is 5. The summed E-state index contributed by atoms with van der Waals surface area (Å²) in [6.07, 6.45) is -5.64. The molecule has 0 heterocycles. The summed E-state index contributed by atoms with van der Waals surface area (Å²) >= 11 is 0. The van der Waals surface area contributed by atoms with Crippen LogP contribution < -0.4 is 16.6 Å². The molecule has 20 heavy (non-hydrogen) atoms. The van der Waals surface area contributed by atoms with Gasteiger partial charge in [-0.15, -0.1) is 0 Å². The summed E-state index contributed by atoms with van der Waals surface area (Å²) in [5.41, 5.74) is 0.973. The quantitative estimate of drug-likeness (QED) is 0.433. The third-order valence-electron chi connectivity index (χ3n) is 2.31. The Bertz CT molecular complexity index is 519. The molecule has 10 heteroatoms. The summed E-state index contributed by atoms with van der Waals surface area (Å²) in [7, 11) is 0. The number of hydrogen-bond donors (Lipinski definition) is 3. The minimum atomic E-state index is -4.42. The molecule has 0 aliphatic heterocycles. The summed E-state index contributed by atoms with van der Waals surface area (Å²) in [5.74, 6) is 4.11. The lowest BCUT2D eigenvalue weighted by atomic mass is 10.1. The van der Waals surface area contributed by atoms with Crippen LogP contribution in [0.5, 0.6) is 0 Å². The third-order valence-corrected chi connectivity index (χ3v) is 2.31. The number of halogens is 3. The predicted octanol–water partition coefficient (Wildman–Crippen LogP) is 1.56. The zero-order chi connectivity index (χ0) is 15.3. The van der Waals surface area contributed by atoms with Crippen LogP contribution in [-0.4, -0.2) is 23.6 Å². The van der Waals surface area contributed by atoms with Gasteiger partial charge in [0.15, 0.2) is 0 Å². The van der Waals surface area contributed by atoms with Gasteiger partial charge in [-0.05, 0) is 12.1 Å². The smallest absolute Gasteiger partial charge is 0.351 e. The van der Waals surface area contributed by atoms with Gasteiger partial charge in [0.1, 0.15) is 11.3 Å². The van der Waals surface area contributed by atoms with E-state index in [1.165, 1.54) is 12.1 Å². The Labute approximate surface area is 111 Å². The summed E-state index contributed by atoms with van der Waals surface area (Å²) < 4.78 is 35.8. The van der Waals surface area contributed by atoms with E-state index in [2.05, 4.69) is 5.43 Å². The molecule has 0 aliphatic rings. The number of nitrogens with one attached hydrogen (secondary N) is 2. The van der Waals surface area contributed by atoms with Gasteiger partial charge in [0.2, 0.25) is 0 Å². The molecule has 0 fully saturated rings. The highest BCUT2D eigenvalue weighted by Crippen LogP contribution is 2.27. The maximum absolute atomic E-state index is 11.9. The van der Waals surface area contributed by atoms with Crippen molar-refractivity contribution >= 4 is 17.3 Å². The SMILES string of the molecule is NNc1cccc(C(=O)NCCC(F)(F)F)c1[N+](=O)[O-]. The summed E-state index contributed by atoms with van der Waals surface area (Å²) in [6, 6.07) is 3.72. The number of carbonyl (C=O) groups is 1. The van der Waals surface area contributed by atoms with Crippen molar-refractivity contribution < 1.29 is 22.9 Å². The van der Waals surface area contributed by atoms with Crippen molar-refractivity contribution in [1.29, 1.82) is 0 Å². The monoisotopic (exact) mass is 292 g/mol. The molecule has 0 saturated carbocycles. The predicted molar refractivity (Wildman–Crippen MR) is 63.9 cm³/mol. The summed E-state index contributed by atoms with van der Waals surface area (Å²) in [4.78, 5) is 21.7. The lowest BCUT2D eigenvalue weighted by Gasteiger charge is -2.09. The number of nitro benzene ring substituents is 1. The minimum Gasteiger partial charge on any atom is -0.351 e. The Hall–Kier alpha value is -2.36. The number of nitrogens with zero attached hydrogens (tertiary/aromatic N) is 1. The third kappa shape index (κ3) is 4.09. The lowest BCUT2D eigenvalue weighted by molar-refractivity contribution is -0.384. The van der Waals surface area contributed by atoms with Gasteiger partial charge in [-0.2, -0.15) is 13.2 Å². The first-order valence-electron chi connectivity index (χ1n) is 5.35. The molecule has 0 spiro atoms. The van der Waals surface area contributed by atoms with Crippen LogP contribution in [0.2, 0.25) is 0 Å². The Morgan fingerprint density at radius 2 is 2.05 bits per heavy atom. The van der Waals surface area contributed by atoms with Crippen LogP contribution >= 0.6 is 0 Å². The van der Waals surface area contributed by atoms with Gasteiger partial charge in [0.25, 0.3) is 5.91 Å². The van der Waals surface area contributed by atoms with Crippen LogP contribution in [0, 0.1) is 10.1 Å². The molecule has 0 radical (unpaired) electrons. The van der Waals surface area contributed by atoms with E-state index in [9.17, 15) is 28.1 Å². The molecular formula is C10H11F3N4O3. The number of nitro groups is 1. The molecule has 0 aromatic heterocycles. The zero-order valence-electron chi connectivity index (χ0n) is 10.0. The molecule has 0 bridgehead atoms. The topological polar surface area (TPSA) is 110 Å². The highest BCUT2D eigenvalue weighted by atomic mass is 19.4. The maximum Gasteiger partial charge on any atom is 0.390 e. The van der Waals surface area contributed by atoms with Gasteiger partial charge in [-0.25, -0.2) is 0 Å². The lowest BCUT2D eigenvalue weighted by Crippen LogP contribution is -2.28. The maximum atomic E-state index is 11.9. The Balaban J connectivity index is 2.90. The van der Waals surface area contributed by atoms with Crippen molar-refractivity contribution in [2.24, 2.45) is 5.84 Å². The van der Waals surface area contributed by atoms with E-state index >= 15 is 0 Å². The number of para-hydroxylation sites is 1. The molecule has 0 aliphatic carbocycles. The zero-order valence-corrected chi connectivity index (χ0v) is 10.0. The van der Waals surface area contributed by atoms with E-state index in [0.717, 1.165) is 6.07 Å². The fourth-order valence-electron chi connectivity index (χ4n) is 1.45. The number of nitrogens with two attached hydrogens (primary N) is 1. The van der Waals surface area contributed by atoms with E-state index in [4.69, 9.17) is 5.84 Å². The highest BCUT2D eigenvalue weighted by molar-refractivity contribution is 6.00. The van der Waals surface area contributed by atoms with E-state index in [-0.39, 0.29) is 11.3 Å². The fraction of sp³-hybridized carbons (Fsp3) is 0.300. The molecule has 0 atom stereocenters. The van der Waals surface area contributed by atoms with Crippen LogP contribution in [0.15, 0.2) is 18.2 Å². The number of carbonyl (C=O) groups excluding carboxylic acids is 1. The fourth-order valence-corrected chi connectivity index (χ4v) is 1.45. The van der Waals surface area contributed by atoms with Crippen LogP contribution in [0.3, 0.4) is 0 Å². The van der Waals surface area contributed by atoms with Crippen LogP contribution in [0.25, 0.3) is 0 Å². The van der Waals surface area contributed by atoms with Crippen LogP contribution in [0.1, 0.15) is 16.8 Å². The van der Waals surface area contributed by atoms with Crippen molar-refractivity contribution in [1.82, 2.24) is 5.32 Å². The Kier molecular flexibility index (Phi) is 4.86. The highest BCUT2D eigenvalue weighted by Gasteiger charge is 2.28. The minimum absolute atomic E-state index is 0.113.